The van der Waals surface area contributed by atoms with Crippen LogP contribution < -0.4 is 14.5 Å². The highest BCUT2D eigenvalue weighted by atomic mass is 16.5. The summed E-state index contributed by atoms with van der Waals surface area (Å²) >= 11 is 0. The summed E-state index contributed by atoms with van der Waals surface area (Å²) in [6, 6.07) is 6.37. The van der Waals surface area contributed by atoms with Crippen LogP contribution >= 0.6 is 0 Å². The van der Waals surface area contributed by atoms with Gasteiger partial charge in [0.25, 0.3) is 0 Å². The molecular weight excluding hydrogens is 438 g/mol. The standard InChI is InChI=1S/C28H33N5O2/c1-19-5-6-21-20(18-30-31-21)24(19)25-26(29-2)22(32-11-9-28(10-12-32)7-4-8-28)17-23(27(25)34-3)33-13-15-35-16-14-33/h5-6,17-18H,4,7-16H2,1,3H3,(H,30,31). The second-order valence-corrected chi connectivity index (χ2v) is 10.3. The second kappa shape index (κ2) is 8.76. The maximum absolute atomic E-state index is 8.33. The maximum Gasteiger partial charge on any atom is 0.221 e. The lowest BCUT2D eigenvalue weighted by Gasteiger charge is -2.49. The quantitative estimate of drug-likeness (QED) is 0.494. The van der Waals surface area contributed by atoms with E-state index in [1.807, 2.05) is 6.20 Å². The molecule has 1 saturated carbocycles. The van der Waals surface area contributed by atoms with E-state index in [9.17, 15) is 0 Å². The van der Waals surface area contributed by atoms with Crippen LogP contribution in [0, 0.1) is 18.9 Å². The number of aromatic amines is 1. The molecule has 182 valence electrons. The van der Waals surface area contributed by atoms with Gasteiger partial charge in [0.05, 0.1) is 44.3 Å². The zero-order chi connectivity index (χ0) is 24.0. The zero-order valence-electron chi connectivity index (χ0n) is 20.7. The highest BCUT2D eigenvalue weighted by Crippen LogP contribution is 2.55. The summed E-state index contributed by atoms with van der Waals surface area (Å²) in [6.07, 6.45) is 8.41. The maximum atomic E-state index is 8.33. The average Bonchev–Trinajstić information content (AvgIpc) is 3.36. The van der Waals surface area contributed by atoms with Gasteiger partial charge < -0.3 is 19.3 Å². The number of aryl methyl sites for hydroxylation is 1. The third-order valence-corrected chi connectivity index (χ3v) is 8.54. The summed E-state index contributed by atoms with van der Waals surface area (Å²) in [7, 11) is 1.72. The molecule has 2 aromatic carbocycles. The molecule has 0 atom stereocenters. The summed E-state index contributed by atoms with van der Waals surface area (Å²) in [6.45, 7) is 15.5. The van der Waals surface area contributed by atoms with Crippen LogP contribution in [-0.4, -0.2) is 56.7 Å². The number of fused-ring (bicyclic) bond motifs is 1. The summed E-state index contributed by atoms with van der Waals surface area (Å²) in [4.78, 5) is 8.98. The van der Waals surface area contributed by atoms with Crippen molar-refractivity contribution in [3.8, 4) is 16.9 Å². The van der Waals surface area contributed by atoms with Gasteiger partial charge in [0.2, 0.25) is 5.69 Å². The van der Waals surface area contributed by atoms with Gasteiger partial charge in [-0.25, -0.2) is 4.85 Å². The van der Waals surface area contributed by atoms with E-state index in [0.717, 1.165) is 70.9 Å². The molecule has 0 unspecified atom stereocenters. The molecule has 0 radical (unpaired) electrons. The number of piperidine rings is 1. The molecule has 1 aliphatic carbocycles. The van der Waals surface area contributed by atoms with Crippen LogP contribution in [0.2, 0.25) is 0 Å². The van der Waals surface area contributed by atoms with E-state index in [2.05, 4.69) is 50.0 Å². The number of methoxy groups -OCH3 is 1. The molecule has 3 aliphatic rings. The summed E-state index contributed by atoms with van der Waals surface area (Å²) in [5.41, 5.74) is 7.31. The number of morpholine rings is 1. The minimum absolute atomic E-state index is 0.552. The van der Waals surface area contributed by atoms with E-state index < -0.39 is 0 Å². The van der Waals surface area contributed by atoms with Gasteiger partial charge >= 0.3 is 0 Å². The molecule has 1 aromatic heterocycles. The van der Waals surface area contributed by atoms with Gasteiger partial charge in [-0.1, -0.05) is 12.5 Å². The number of aromatic nitrogens is 2. The lowest BCUT2D eigenvalue weighted by Crippen LogP contribution is -2.43. The van der Waals surface area contributed by atoms with Crippen molar-refractivity contribution in [2.75, 3.05) is 56.3 Å². The fourth-order valence-electron chi connectivity index (χ4n) is 6.32. The Morgan fingerprint density at radius 3 is 2.43 bits per heavy atom. The van der Waals surface area contributed by atoms with Gasteiger partial charge in [0.1, 0.15) is 5.75 Å². The van der Waals surface area contributed by atoms with Crippen molar-refractivity contribution in [2.45, 2.75) is 39.0 Å². The summed E-state index contributed by atoms with van der Waals surface area (Å²) in [5.74, 6) is 0.769. The van der Waals surface area contributed by atoms with Crippen molar-refractivity contribution in [3.05, 3.63) is 41.4 Å². The highest BCUT2D eigenvalue weighted by molar-refractivity contribution is 6.06. The molecule has 1 N–H and O–H groups in total. The molecule has 1 spiro atoms. The van der Waals surface area contributed by atoms with Crippen molar-refractivity contribution >= 4 is 28.0 Å². The third-order valence-electron chi connectivity index (χ3n) is 8.54. The van der Waals surface area contributed by atoms with Crippen LogP contribution in [0.15, 0.2) is 24.4 Å². The van der Waals surface area contributed by atoms with Crippen molar-refractivity contribution in [1.29, 1.82) is 0 Å². The average molecular weight is 472 g/mol. The largest absolute Gasteiger partial charge is 0.495 e. The summed E-state index contributed by atoms with van der Waals surface area (Å²) in [5, 5.41) is 8.44. The van der Waals surface area contributed by atoms with Crippen molar-refractivity contribution in [3.63, 3.8) is 0 Å². The molecule has 3 fully saturated rings. The number of nitrogens with zero attached hydrogens (tertiary/aromatic N) is 4. The van der Waals surface area contributed by atoms with Crippen molar-refractivity contribution in [1.82, 2.24) is 10.2 Å². The molecule has 2 aliphatic heterocycles. The predicted octanol–water partition coefficient (Wildman–Crippen LogP) is 5.70. The first kappa shape index (κ1) is 22.2. The van der Waals surface area contributed by atoms with Crippen molar-refractivity contribution in [2.24, 2.45) is 5.41 Å². The first-order valence-corrected chi connectivity index (χ1v) is 12.8. The number of hydrogen-bond donors (Lipinski definition) is 1. The van der Waals surface area contributed by atoms with E-state index in [0.29, 0.717) is 24.3 Å². The number of rotatable bonds is 4. The van der Waals surface area contributed by atoms with E-state index in [-0.39, 0.29) is 0 Å². The van der Waals surface area contributed by atoms with Gasteiger partial charge in [-0.15, -0.1) is 0 Å². The molecule has 0 amide bonds. The minimum Gasteiger partial charge on any atom is -0.495 e. The molecule has 6 rings (SSSR count). The molecule has 3 heterocycles. The van der Waals surface area contributed by atoms with E-state index in [1.165, 1.54) is 32.1 Å². The Morgan fingerprint density at radius 1 is 1.03 bits per heavy atom. The van der Waals surface area contributed by atoms with Gasteiger partial charge in [-0.2, -0.15) is 5.10 Å². The normalized spacial score (nSPS) is 19.6. The Morgan fingerprint density at radius 2 is 1.77 bits per heavy atom. The third kappa shape index (κ3) is 3.63. The number of hydrogen-bond acceptors (Lipinski definition) is 5. The summed E-state index contributed by atoms with van der Waals surface area (Å²) < 4.78 is 11.8. The molecule has 7 heteroatoms. The number of nitrogens with one attached hydrogen (secondary N) is 1. The molecular formula is C28H33N5O2. The minimum atomic E-state index is 0.552. The van der Waals surface area contributed by atoms with E-state index in [4.69, 9.17) is 16.0 Å². The van der Waals surface area contributed by atoms with Gasteiger partial charge in [-0.3, -0.25) is 5.10 Å². The molecule has 35 heavy (non-hydrogen) atoms. The van der Waals surface area contributed by atoms with Crippen LogP contribution in [0.1, 0.15) is 37.7 Å². The fraction of sp³-hybridized carbons (Fsp3) is 0.500. The second-order valence-electron chi connectivity index (χ2n) is 10.3. The SMILES string of the molecule is [C-]#[N+]c1c(N2CCC3(CCC3)CC2)cc(N2CCOCC2)c(OC)c1-c1c(C)ccc2[nH]ncc12. The monoisotopic (exact) mass is 471 g/mol. The zero-order valence-corrected chi connectivity index (χ0v) is 20.7. The van der Waals surface area contributed by atoms with Crippen molar-refractivity contribution < 1.29 is 9.47 Å². The van der Waals surface area contributed by atoms with Gasteiger partial charge in [-0.05, 0) is 61.3 Å². The number of benzene rings is 2. The Hall–Kier alpha value is -3.24. The lowest BCUT2D eigenvalue weighted by atomic mass is 9.63. The lowest BCUT2D eigenvalue weighted by molar-refractivity contribution is 0.0955. The van der Waals surface area contributed by atoms with Crippen LogP contribution in [0.4, 0.5) is 17.1 Å². The van der Waals surface area contributed by atoms with Crippen LogP contribution in [0.5, 0.6) is 5.75 Å². The predicted molar refractivity (Wildman–Crippen MR) is 140 cm³/mol. The van der Waals surface area contributed by atoms with Crippen LogP contribution in [0.3, 0.4) is 0 Å². The number of anilines is 2. The Balaban J connectivity index is 1.57. The molecule has 0 bridgehead atoms. The molecule has 3 aromatic rings. The highest BCUT2D eigenvalue weighted by Gasteiger charge is 2.40. The molecule has 7 nitrogen and oxygen atoms in total. The van der Waals surface area contributed by atoms with E-state index in [1.54, 1.807) is 7.11 Å². The fourth-order valence-corrected chi connectivity index (χ4v) is 6.32. The first-order chi connectivity index (χ1) is 17.1. The van der Waals surface area contributed by atoms with E-state index >= 15 is 0 Å². The Bertz CT molecular complexity index is 1290. The van der Waals surface area contributed by atoms with Crippen LogP contribution in [-0.2, 0) is 4.74 Å². The molecule has 2 saturated heterocycles. The smallest absolute Gasteiger partial charge is 0.221 e. The van der Waals surface area contributed by atoms with Crippen LogP contribution in [0.25, 0.3) is 26.9 Å². The number of ether oxygens (including phenoxy) is 2. The Kier molecular flexibility index (Phi) is 5.57. The Labute approximate surface area is 206 Å². The van der Waals surface area contributed by atoms with Gasteiger partial charge in [0, 0.05) is 42.8 Å². The first-order valence-electron chi connectivity index (χ1n) is 12.8. The topological polar surface area (TPSA) is 58.0 Å². The van der Waals surface area contributed by atoms with Gasteiger partial charge in [0.15, 0.2) is 0 Å². The number of H-pyrrole nitrogens is 1.